The van der Waals surface area contributed by atoms with E-state index < -0.39 is 0 Å². The van der Waals surface area contributed by atoms with Crippen molar-refractivity contribution in [2.45, 2.75) is 45.2 Å². The molecule has 2 N–H and O–H groups in total. The minimum absolute atomic E-state index is 0.0122. The van der Waals surface area contributed by atoms with Crippen LogP contribution in [0.25, 0.3) is 0 Å². The van der Waals surface area contributed by atoms with E-state index >= 15 is 0 Å². The largest absolute Gasteiger partial charge is 0.331 e. The fraction of sp³-hybridized carbons (Fsp3) is 0.471. The van der Waals surface area contributed by atoms with Gasteiger partial charge in [-0.15, -0.1) is 0 Å². The molecule has 2 aromatic rings. The molecular formula is C17H23N5O. The maximum atomic E-state index is 12.6. The molecule has 0 bridgehead atoms. The van der Waals surface area contributed by atoms with Crippen molar-refractivity contribution in [1.82, 2.24) is 25.4 Å². The molecule has 0 fully saturated rings. The molecule has 2 aromatic heterocycles. The summed E-state index contributed by atoms with van der Waals surface area (Å²) in [5.74, 6) is 0. The molecule has 1 atom stereocenters. The number of rotatable bonds is 5. The highest BCUT2D eigenvalue weighted by Crippen LogP contribution is 2.21. The molecule has 1 aliphatic heterocycles. The topological polar surface area (TPSA) is 73.9 Å². The van der Waals surface area contributed by atoms with Crippen molar-refractivity contribution in [2.24, 2.45) is 0 Å². The van der Waals surface area contributed by atoms with Gasteiger partial charge in [-0.3, -0.25) is 10.1 Å². The number of hydrogen-bond donors (Lipinski definition) is 2. The third-order valence-electron chi connectivity index (χ3n) is 4.32. The van der Waals surface area contributed by atoms with Crippen molar-refractivity contribution >= 4 is 6.03 Å². The Morgan fingerprint density at radius 1 is 1.48 bits per heavy atom. The Morgan fingerprint density at radius 3 is 3.17 bits per heavy atom. The Labute approximate surface area is 136 Å². The molecule has 0 radical (unpaired) electrons. The molecule has 3 rings (SSSR count). The lowest BCUT2D eigenvalue weighted by atomic mass is 10.0. The molecule has 0 aromatic carbocycles. The van der Waals surface area contributed by atoms with Crippen molar-refractivity contribution < 1.29 is 4.79 Å². The van der Waals surface area contributed by atoms with Gasteiger partial charge < -0.3 is 10.2 Å². The number of pyridine rings is 1. The predicted octanol–water partition coefficient (Wildman–Crippen LogP) is 2.80. The highest BCUT2D eigenvalue weighted by Gasteiger charge is 2.24. The van der Waals surface area contributed by atoms with Gasteiger partial charge in [0.1, 0.15) is 0 Å². The first-order valence-corrected chi connectivity index (χ1v) is 8.24. The van der Waals surface area contributed by atoms with E-state index in [4.69, 9.17) is 0 Å². The van der Waals surface area contributed by atoms with E-state index in [1.807, 2.05) is 29.4 Å². The molecule has 122 valence electrons. The summed E-state index contributed by atoms with van der Waals surface area (Å²) in [5, 5.41) is 10.2. The summed E-state index contributed by atoms with van der Waals surface area (Å²) < 4.78 is 0. The number of unbranched alkanes of at least 4 members (excludes halogenated alkanes) is 1. The summed E-state index contributed by atoms with van der Waals surface area (Å²) >= 11 is 0. The Hall–Kier alpha value is -2.37. The van der Waals surface area contributed by atoms with Gasteiger partial charge in [0.25, 0.3) is 0 Å². The second kappa shape index (κ2) is 7.26. The first-order chi connectivity index (χ1) is 11.3. The molecule has 1 aliphatic rings. The minimum atomic E-state index is -0.0122. The van der Waals surface area contributed by atoms with Crippen LogP contribution in [0.4, 0.5) is 4.79 Å². The van der Waals surface area contributed by atoms with E-state index in [1.54, 1.807) is 6.20 Å². The molecule has 3 heterocycles. The number of aromatic amines is 1. The average Bonchev–Trinajstić information content (AvgIpc) is 3.06. The van der Waals surface area contributed by atoms with E-state index in [0.717, 1.165) is 42.5 Å². The number of hydrogen-bond acceptors (Lipinski definition) is 3. The van der Waals surface area contributed by atoms with Crippen LogP contribution in [-0.2, 0) is 13.0 Å². The van der Waals surface area contributed by atoms with Crippen LogP contribution in [0, 0.1) is 0 Å². The molecule has 23 heavy (non-hydrogen) atoms. The van der Waals surface area contributed by atoms with Crippen molar-refractivity contribution in [3.63, 3.8) is 0 Å². The zero-order chi connectivity index (χ0) is 16.1. The Morgan fingerprint density at radius 2 is 2.39 bits per heavy atom. The number of urea groups is 1. The van der Waals surface area contributed by atoms with E-state index in [2.05, 4.69) is 27.4 Å². The number of amides is 2. The summed E-state index contributed by atoms with van der Waals surface area (Å²) in [7, 11) is 0. The third-order valence-corrected chi connectivity index (χ3v) is 4.32. The van der Waals surface area contributed by atoms with E-state index in [0.29, 0.717) is 13.1 Å². The van der Waals surface area contributed by atoms with Gasteiger partial charge in [0.15, 0.2) is 0 Å². The molecule has 0 unspecified atom stereocenters. The van der Waals surface area contributed by atoms with Crippen LogP contribution in [0.1, 0.15) is 49.0 Å². The minimum Gasteiger partial charge on any atom is -0.331 e. The highest BCUT2D eigenvalue weighted by molar-refractivity contribution is 5.75. The van der Waals surface area contributed by atoms with Crippen LogP contribution in [-0.4, -0.2) is 32.7 Å². The Kier molecular flexibility index (Phi) is 4.90. The van der Waals surface area contributed by atoms with Crippen LogP contribution in [0.15, 0.2) is 30.7 Å². The lowest BCUT2D eigenvalue weighted by molar-refractivity contribution is 0.187. The van der Waals surface area contributed by atoms with Crippen molar-refractivity contribution in [3.8, 4) is 0 Å². The fourth-order valence-corrected chi connectivity index (χ4v) is 2.95. The summed E-state index contributed by atoms with van der Waals surface area (Å²) in [5.41, 5.74) is 3.32. The number of carbonyl (C=O) groups excluding carboxylic acids is 1. The number of nitrogens with one attached hydrogen (secondary N) is 2. The van der Waals surface area contributed by atoms with Crippen LogP contribution in [0.2, 0.25) is 0 Å². The smallest absolute Gasteiger partial charge is 0.318 e. The highest BCUT2D eigenvalue weighted by atomic mass is 16.2. The van der Waals surface area contributed by atoms with Crippen LogP contribution >= 0.6 is 0 Å². The van der Waals surface area contributed by atoms with Gasteiger partial charge in [0, 0.05) is 36.6 Å². The SMILES string of the molecule is CCCC[C@@H](NC(=O)N1CCc2[nH]ncc2C1)c1cccnc1. The summed E-state index contributed by atoms with van der Waals surface area (Å²) in [6.07, 6.45) is 9.34. The number of carbonyl (C=O) groups is 1. The zero-order valence-electron chi connectivity index (χ0n) is 13.5. The lowest BCUT2D eigenvalue weighted by Gasteiger charge is -2.29. The van der Waals surface area contributed by atoms with Crippen molar-refractivity contribution in [1.29, 1.82) is 0 Å². The molecule has 6 heteroatoms. The van der Waals surface area contributed by atoms with Gasteiger partial charge in [-0.05, 0) is 18.1 Å². The van der Waals surface area contributed by atoms with Gasteiger partial charge in [0.05, 0.1) is 18.8 Å². The van der Waals surface area contributed by atoms with Gasteiger partial charge in [0.2, 0.25) is 0 Å². The van der Waals surface area contributed by atoms with Crippen molar-refractivity contribution in [3.05, 3.63) is 47.5 Å². The number of nitrogens with zero attached hydrogens (tertiary/aromatic N) is 3. The van der Waals surface area contributed by atoms with E-state index in [-0.39, 0.29) is 12.1 Å². The Balaban J connectivity index is 1.66. The van der Waals surface area contributed by atoms with Crippen molar-refractivity contribution in [2.75, 3.05) is 6.54 Å². The van der Waals surface area contributed by atoms with Crippen LogP contribution < -0.4 is 5.32 Å². The summed E-state index contributed by atoms with van der Waals surface area (Å²) in [6, 6.07) is 3.94. The summed E-state index contributed by atoms with van der Waals surface area (Å²) in [4.78, 5) is 18.7. The fourth-order valence-electron chi connectivity index (χ4n) is 2.95. The van der Waals surface area contributed by atoms with Crippen LogP contribution in [0.5, 0.6) is 0 Å². The zero-order valence-corrected chi connectivity index (χ0v) is 13.5. The molecular weight excluding hydrogens is 290 g/mol. The molecule has 6 nitrogen and oxygen atoms in total. The number of fused-ring (bicyclic) bond motifs is 1. The molecule has 2 amide bonds. The molecule has 0 saturated carbocycles. The van der Waals surface area contributed by atoms with Gasteiger partial charge in [-0.25, -0.2) is 4.79 Å². The van der Waals surface area contributed by atoms with Gasteiger partial charge in [-0.2, -0.15) is 5.10 Å². The second-order valence-electron chi connectivity index (χ2n) is 5.98. The molecule has 0 spiro atoms. The predicted molar refractivity (Wildman–Crippen MR) is 87.7 cm³/mol. The molecule has 0 saturated heterocycles. The molecule has 0 aliphatic carbocycles. The standard InChI is InChI=1S/C17H23N5O/c1-2-3-6-15(13-5-4-8-18-10-13)20-17(23)22-9-7-16-14(12-22)11-19-21-16/h4-5,8,10-11,15H,2-3,6-7,9,12H2,1H3,(H,19,21)(H,20,23)/t15-/m1/s1. The average molecular weight is 313 g/mol. The van der Waals surface area contributed by atoms with E-state index in [1.165, 1.54) is 0 Å². The van der Waals surface area contributed by atoms with Gasteiger partial charge in [-0.1, -0.05) is 25.8 Å². The Bertz CT molecular complexity index is 639. The first kappa shape index (κ1) is 15.5. The van der Waals surface area contributed by atoms with E-state index in [9.17, 15) is 4.79 Å². The monoisotopic (exact) mass is 313 g/mol. The maximum absolute atomic E-state index is 12.6. The number of aromatic nitrogens is 3. The van der Waals surface area contributed by atoms with Crippen LogP contribution in [0.3, 0.4) is 0 Å². The lowest BCUT2D eigenvalue weighted by Crippen LogP contribution is -2.44. The first-order valence-electron chi connectivity index (χ1n) is 8.24. The summed E-state index contributed by atoms with van der Waals surface area (Å²) in [6.45, 7) is 3.49. The second-order valence-corrected chi connectivity index (χ2v) is 5.98. The normalized spacial score (nSPS) is 15.1. The van der Waals surface area contributed by atoms with Gasteiger partial charge >= 0.3 is 6.03 Å². The number of H-pyrrole nitrogens is 1. The third kappa shape index (κ3) is 3.70. The quantitative estimate of drug-likeness (QED) is 0.891. The maximum Gasteiger partial charge on any atom is 0.318 e.